The first-order valence-electron chi connectivity index (χ1n) is 8.12. The molecule has 0 heterocycles. The number of carbonyl (C=O) groups is 2. The van der Waals surface area contributed by atoms with E-state index in [9.17, 15) is 19.8 Å². The summed E-state index contributed by atoms with van der Waals surface area (Å²) in [4.78, 5) is 31.9. The molecule has 0 saturated heterocycles. The Morgan fingerprint density at radius 1 is 0.800 bits per heavy atom. The monoisotopic (exact) mass is 393 g/mol. The minimum atomic E-state index is -0.243. The quantitative estimate of drug-likeness (QED) is 0.411. The molecular formula is C18H26CoN2O4. The van der Waals surface area contributed by atoms with Crippen molar-refractivity contribution in [2.45, 2.75) is 65.5 Å². The smallest absolute Gasteiger partial charge is 0.164 e. The number of aliphatic hydroxyl groups is 2. The molecule has 0 bridgehead atoms. The van der Waals surface area contributed by atoms with Crippen molar-refractivity contribution in [1.82, 2.24) is 0 Å². The molecule has 1 fully saturated rings. The Morgan fingerprint density at radius 3 is 1.36 bits per heavy atom. The van der Waals surface area contributed by atoms with Gasteiger partial charge in [-0.3, -0.25) is 19.6 Å². The van der Waals surface area contributed by atoms with Gasteiger partial charge in [0, 0.05) is 29.2 Å². The van der Waals surface area contributed by atoms with Crippen LogP contribution in [0.5, 0.6) is 0 Å². The zero-order valence-corrected chi connectivity index (χ0v) is 16.1. The van der Waals surface area contributed by atoms with Gasteiger partial charge in [0.25, 0.3) is 0 Å². The first-order valence-corrected chi connectivity index (χ1v) is 8.12. The maximum Gasteiger partial charge on any atom is 0.164 e. The molecule has 1 radical (unpaired) electrons. The van der Waals surface area contributed by atoms with E-state index in [1.54, 1.807) is 0 Å². The van der Waals surface area contributed by atoms with Crippen molar-refractivity contribution in [3.63, 3.8) is 0 Å². The molecule has 7 heteroatoms. The summed E-state index contributed by atoms with van der Waals surface area (Å²) in [6.45, 7) is 5.66. The summed E-state index contributed by atoms with van der Waals surface area (Å²) < 4.78 is 0. The van der Waals surface area contributed by atoms with Gasteiger partial charge in [0.1, 0.15) is 11.5 Å². The summed E-state index contributed by atoms with van der Waals surface area (Å²) in [6, 6.07) is -0.230. The molecule has 0 aromatic heterocycles. The Morgan fingerprint density at radius 2 is 1.12 bits per heavy atom. The number of hydrogen-bond acceptors (Lipinski definition) is 6. The molecule has 1 aliphatic rings. The summed E-state index contributed by atoms with van der Waals surface area (Å²) in [6.07, 6.45) is 6.50. The summed E-state index contributed by atoms with van der Waals surface area (Å²) >= 11 is 0. The van der Waals surface area contributed by atoms with Gasteiger partial charge in [0.05, 0.1) is 23.2 Å². The van der Waals surface area contributed by atoms with E-state index >= 15 is 0 Å². The Hall–Kier alpha value is -1.73. The number of ketones is 2. The molecule has 6 nitrogen and oxygen atoms in total. The van der Waals surface area contributed by atoms with Gasteiger partial charge in [0.15, 0.2) is 11.6 Å². The number of nitrogens with zero attached hydrogens (tertiary/aromatic N) is 2. The molecule has 1 aliphatic carbocycles. The van der Waals surface area contributed by atoms with E-state index in [1.807, 2.05) is 0 Å². The van der Waals surface area contributed by atoms with E-state index in [-0.39, 0.29) is 63.1 Å². The molecule has 0 unspecified atom stereocenters. The molecule has 1 saturated carbocycles. The van der Waals surface area contributed by atoms with E-state index in [0.717, 1.165) is 25.7 Å². The molecule has 2 atom stereocenters. The average Bonchev–Trinajstić information content (AvgIpc) is 2.47. The molecule has 2 N–H and O–H groups in total. The van der Waals surface area contributed by atoms with Crippen LogP contribution in [0.25, 0.3) is 0 Å². The number of allylic oxidation sites excluding steroid dienone is 4. The topological polar surface area (TPSA) is 99.3 Å². The third-order valence-corrected chi connectivity index (χ3v) is 4.02. The zero-order valence-electron chi connectivity index (χ0n) is 15.1. The fourth-order valence-corrected chi connectivity index (χ4v) is 2.66. The second-order valence-corrected chi connectivity index (χ2v) is 6.09. The Balaban J connectivity index is 0.00000576. The van der Waals surface area contributed by atoms with Gasteiger partial charge in [-0.15, -0.1) is 0 Å². The van der Waals surface area contributed by atoms with Crippen molar-refractivity contribution >= 4 is 24.0 Å². The van der Waals surface area contributed by atoms with Crippen LogP contribution in [0, 0.1) is 0 Å². The zero-order chi connectivity index (χ0) is 18.3. The van der Waals surface area contributed by atoms with Crippen LogP contribution >= 0.6 is 0 Å². The van der Waals surface area contributed by atoms with Crippen molar-refractivity contribution in [1.29, 1.82) is 0 Å². The minimum Gasteiger partial charge on any atom is -0.512 e. The van der Waals surface area contributed by atoms with Crippen molar-refractivity contribution < 1.29 is 36.6 Å². The minimum absolute atomic E-state index is 0. The van der Waals surface area contributed by atoms with Gasteiger partial charge in [0.2, 0.25) is 0 Å². The van der Waals surface area contributed by atoms with Crippen molar-refractivity contribution in [3.8, 4) is 0 Å². The van der Waals surface area contributed by atoms with Crippen LogP contribution in [0.4, 0.5) is 0 Å². The molecule has 1 rings (SSSR count). The molecule has 0 amide bonds. The summed E-state index contributed by atoms with van der Waals surface area (Å²) in [7, 11) is 0. The van der Waals surface area contributed by atoms with E-state index in [0.29, 0.717) is 0 Å². The number of aliphatic hydroxyl groups excluding tert-OH is 2. The fourth-order valence-electron chi connectivity index (χ4n) is 2.66. The fraction of sp³-hybridized carbons (Fsp3) is 0.556. The Bertz CT molecular complexity index is 559. The van der Waals surface area contributed by atoms with Gasteiger partial charge >= 0.3 is 0 Å². The summed E-state index contributed by atoms with van der Waals surface area (Å²) in [5.41, 5.74) is 0.387. The normalized spacial score (nSPS) is 23.0. The molecule has 141 valence electrons. The second-order valence-electron chi connectivity index (χ2n) is 6.09. The van der Waals surface area contributed by atoms with Crippen LogP contribution in [0.2, 0.25) is 0 Å². The van der Waals surface area contributed by atoms with Crippen molar-refractivity contribution in [2.75, 3.05) is 0 Å². The van der Waals surface area contributed by atoms with Crippen LogP contribution in [0.3, 0.4) is 0 Å². The van der Waals surface area contributed by atoms with Crippen LogP contribution in [0.15, 0.2) is 32.6 Å². The predicted molar refractivity (Wildman–Crippen MR) is 95.0 cm³/mol. The molecule has 0 aliphatic heterocycles. The third kappa shape index (κ3) is 7.35. The SMILES string of the molecule is CC(=O)/C(C=N[C@H]1CCCC[C@@H]1N=C/C(C(C)=O)=C(/C)O)=C(\C)O.[Co]. The van der Waals surface area contributed by atoms with E-state index < -0.39 is 0 Å². The number of carbonyl (C=O) groups excluding carboxylic acids is 2. The van der Waals surface area contributed by atoms with Gasteiger partial charge in [-0.25, -0.2) is 0 Å². The van der Waals surface area contributed by atoms with E-state index in [2.05, 4.69) is 9.98 Å². The van der Waals surface area contributed by atoms with Crippen LogP contribution < -0.4 is 0 Å². The van der Waals surface area contributed by atoms with Crippen LogP contribution in [0.1, 0.15) is 53.4 Å². The van der Waals surface area contributed by atoms with Crippen molar-refractivity contribution in [3.05, 3.63) is 22.7 Å². The predicted octanol–water partition coefficient (Wildman–Crippen LogP) is 3.28. The van der Waals surface area contributed by atoms with E-state index in [4.69, 9.17) is 0 Å². The number of hydrogen-bond donors (Lipinski definition) is 2. The average molecular weight is 393 g/mol. The number of Topliss-reactive ketones (excluding diaryl/α,β-unsaturated/α-hetero) is 2. The number of aliphatic imine (C=N–C) groups is 2. The molecule has 0 spiro atoms. The molecule has 25 heavy (non-hydrogen) atoms. The van der Waals surface area contributed by atoms with Gasteiger partial charge < -0.3 is 10.2 Å². The third-order valence-electron chi connectivity index (χ3n) is 4.02. The standard InChI is InChI=1S/C18H26N2O4.Co/c1-11(21)15(12(2)22)9-19-17-7-5-6-8-18(17)20-10-16(13(3)23)14(4)24;/h9-10,17-18,21,23H,5-8H2,1-4H3;/b15-11+,16-13+,19-9?,20-10?;/t17-,18-;/m0./s1. The van der Waals surface area contributed by atoms with Gasteiger partial charge in [-0.05, 0) is 40.5 Å². The van der Waals surface area contributed by atoms with Crippen molar-refractivity contribution in [2.24, 2.45) is 9.98 Å². The summed E-state index contributed by atoms with van der Waals surface area (Å²) in [5.74, 6) is -0.598. The number of rotatable bonds is 6. The second kappa shape index (κ2) is 11.0. The maximum absolute atomic E-state index is 11.5. The molecule has 0 aromatic carbocycles. The Kier molecular flexibility index (Phi) is 10.2. The largest absolute Gasteiger partial charge is 0.512 e. The van der Waals surface area contributed by atoms with Crippen LogP contribution in [-0.2, 0) is 26.4 Å². The van der Waals surface area contributed by atoms with Gasteiger partial charge in [-0.1, -0.05) is 12.8 Å². The molecule has 0 aromatic rings. The first kappa shape index (κ1) is 23.3. The Labute approximate surface area is 159 Å². The first-order chi connectivity index (χ1) is 11.2. The van der Waals surface area contributed by atoms with Crippen LogP contribution in [-0.4, -0.2) is 46.3 Å². The summed E-state index contributed by atoms with van der Waals surface area (Å²) in [5, 5.41) is 19.1. The van der Waals surface area contributed by atoms with Gasteiger partial charge in [-0.2, -0.15) is 0 Å². The maximum atomic E-state index is 11.5. The van der Waals surface area contributed by atoms with E-state index in [1.165, 1.54) is 40.1 Å². The molecular weight excluding hydrogens is 367 g/mol.